The first-order chi connectivity index (χ1) is 13.5. The van der Waals surface area contributed by atoms with Crippen LogP contribution in [-0.2, 0) is 6.42 Å². The zero-order chi connectivity index (χ0) is 19.8. The highest BCUT2D eigenvalue weighted by molar-refractivity contribution is 5.88. The van der Waals surface area contributed by atoms with Gasteiger partial charge in [0.1, 0.15) is 5.56 Å². The monoisotopic (exact) mass is 381 g/mol. The van der Waals surface area contributed by atoms with Gasteiger partial charge >= 0.3 is 5.97 Å². The molecular weight excluding hydrogens is 354 g/mol. The number of aromatic carboxylic acids is 1. The molecule has 0 radical (unpaired) electrons. The standard InChI is InChI=1S/C22H27N3O3/c1-3-13-10-17(22(27)28)21(26)24-20(13)14-4-7-16(8-5-14)25-11-15-6-9-19(23-2)18(15)12-25/h4-5,7-8,10,15,18-19,23H,3,6,9,11-12H2,1-2H3,(H,24,26)(H,27,28)/t15-,18?,19-/m1/s1. The zero-order valence-electron chi connectivity index (χ0n) is 16.4. The molecular formula is C22H27N3O3. The molecule has 0 bridgehead atoms. The molecule has 0 spiro atoms. The summed E-state index contributed by atoms with van der Waals surface area (Å²) in [6.45, 7) is 4.14. The van der Waals surface area contributed by atoms with Gasteiger partial charge in [-0.25, -0.2) is 4.79 Å². The third-order valence-corrected chi connectivity index (χ3v) is 6.48. The van der Waals surface area contributed by atoms with E-state index in [0.29, 0.717) is 18.2 Å². The summed E-state index contributed by atoms with van der Waals surface area (Å²) in [5, 5.41) is 12.6. The van der Waals surface area contributed by atoms with E-state index in [1.165, 1.54) is 24.6 Å². The van der Waals surface area contributed by atoms with Gasteiger partial charge in [-0.1, -0.05) is 19.1 Å². The first-order valence-corrected chi connectivity index (χ1v) is 10.0. The second-order valence-corrected chi connectivity index (χ2v) is 7.92. The fourth-order valence-corrected chi connectivity index (χ4v) is 4.94. The van der Waals surface area contributed by atoms with E-state index in [1.807, 2.05) is 19.1 Å². The Morgan fingerprint density at radius 2 is 2.00 bits per heavy atom. The zero-order valence-corrected chi connectivity index (χ0v) is 16.4. The molecule has 1 aliphatic heterocycles. The largest absolute Gasteiger partial charge is 0.477 e. The highest BCUT2D eigenvalue weighted by atomic mass is 16.4. The number of rotatable bonds is 5. The molecule has 1 aromatic carbocycles. The van der Waals surface area contributed by atoms with Gasteiger partial charge in [0.15, 0.2) is 0 Å². The van der Waals surface area contributed by atoms with Crippen LogP contribution in [0.4, 0.5) is 5.69 Å². The van der Waals surface area contributed by atoms with Crippen molar-refractivity contribution in [3.8, 4) is 11.3 Å². The van der Waals surface area contributed by atoms with Gasteiger partial charge in [0.05, 0.1) is 5.69 Å². The van der Waals surface area contributed by atoms with Gasteiger partial charge in [-0.2, -0.15) is 0 Å². The normalized spacial score (nSPS) is 23.8. The minimum absolute atomic E-state index is 0.208. The highest BCUT2D eigenvalue weighted by Crippen LogP contribution is 2.40. The number of aromatic nitrogens is 1. The molecule has 2 heterocycles. The van der Waals surface area contributed by atoms with Gasteiger partial charge < -0.3 is 20.3 Å². The second-order valence-electron chi connectivity index (χ2n) is 7.92. The van der Waals surface area contributed by atoms with E-state index in [0.717, 1.165) is 36.1 Å². The Balaban J connectivity index is 1.58. The Bertz CT molecular complexity index is 935. The molecule has 1 aromatic heterocycles. The Morgan fingerprint density at radius 3 is 2.64 bits per heavy atom. The Kier molecular flexibility index (Phi) is 4.98. The van der Waals surface area contributed by atoms with E-state index in [-0.39, 0.29) is 5.56 Å². The first-order valence-electron chi connectivity index (χ1n) is 10.0. The number of benzene rings is 1. The van der Waals surface area contributed by atoms with Crippen LogP contribution in [-0.4, -0.2) is 42.2 Å². The number of anilines is 1. The summed E-state index contributed by atoms with van der Waals surface area (Å²) in [7, 11) is 2.06. The minimum atomic E-state index is -1.20. The molecule has 148 valence electrons. The molecule has 2 fully saturated rings. The maximum absolute atomic E-state index is 12.1. The van der Waals surface area contributed by atoms with E-state index >= 15 is 0 Å². The molecule has 1 unspecified atom stereocenters. The molecule has 2 aliphatic rings. The van der Waals surface area contributed by atoms with Gasteiger partial charge in [-0.15, -0.1) is 0 Å². The molecule has 1 saturated heterocycles. The summed E-state index contributed by atoms with van der Waals surface area (Å²) < 4.78 is 0. The van der Waals surface area contributed by atoms with Gasteiger partial charge in [0, 0.05) is 24.8 Å². The van der Waals surface area contributed by atoms with Crippen molar-refractivity contribution >= 4 is 11.7 Å². The number of pyridine rings is 1. The van der Waals surface area contributed by atoms with Gasteiger partial charge in [-0.05, 0) is 67.5 Å². The van der Waals surface area contributed by atoms with Crippen LogP contribution in [0.2, 0.25) is 0 Å². The number of nitrogens with zero attached hydrogens (tertiary/aromatic N) is 1. The number of H-pyrrole nitrogens is 1. The summed E-state index contributed by atoms with van der Waals surface area (Å²) in [5.74, 6) is 0.289. The number of aryl methyl sites for hydroxylation is 1. The Hall–Kier alpha value is -2.60. The third kappa shape index (κ3) is 3.22. The van der Waals surface area contributed by atoms with Crippen LogP contribution in [0.25, 0.3) is 11.3 Å². The number of fused-ring (bicyclic) bond motifs is 1. The maximum Gasteiger partial charge on any atom is 0.341 e. The lowest BCUT2D eigenvalue weighted by molar-refractivity contribution is 0.0695. The maximum atomic E-state index is 12.1. The Labute approximate surface area is 164 Å². The predicted octanol–water partition coefficient (Wildman–Crippen LogP) is 2.74. The molecule has 4 rings (SSSR count). The molecule has 6 nitrogen and oxygen atoms in total. The van der Waals surface area contributed by atoms with Crippen molar-refractivity contribution < 1.29 is 9.90 Å². The van der Waals surface area contributed by atoms with Crippen LogP contribution in [0.1, 0.15) is 35.7 Å². The second kappa shape index (κ2) is 7.43. The lowest BCUT2D eigenvalue weighted by Gasteiger charge is -2.22. The van der Waals surface area contributed by atoms with Gasteiger partial charge in [0.2, 0.25) is 0 Å². The molecule has 3 N–H and O–H groups in total. The van der Waals surface area contributed by atoms with Crippen molar-refractivity contribution in [2.24, 2.45) is 11.8 Å². The number of nitrogens with one attached hydrogen (secondary N) is 2. The fraction of sp³-hybridized carbons (Fsp3) is 0.455. The molecule has 1 aliphatic carbocycles. The average molecular weight is 381 g/mol. The number of hydrogen-bond donors (Lipinski definition) is 3. The minimum Gasteiger partial charge on any atom is -0.477 e. The smallest absolute Gasteiger partial charge is 0.341 e. The van der Waals surface area contributed by atoms with Crippen molar-refractivity contribution in [1.82, 2.24) is 10.3 Å². The van der Waals surface area contributed by atoms with E-state index < -0.39 is 11.5 Å². The van der Waals surface area contributed by atoms with Crippen molar-refractivity contribution in [3.05, 3.63) is 51.8 Å². The highest BCUT2D eigenvalue weighted by Gasteiger charge is 2.41. The number of carbonyl (C=O) groups is 1. The van der Waals surface area contributed by atoms with Crippen LogP contribution in [0, 0.1) is 11.8 Å². The van der Waals surface area contributed by atoms with Gasteiger partial charge in [-0.3, -0.25) is 4.79 Å². The summed E-state index contributed by atoms with van der Waals surface area (Å²) in [5.41, 5.74) is 2.88. The van der Waals surface area contributed by atoms with Crippen LogP contribution >= 0.6 is 0 Å². The summed E-state index contributed by atoms with van der Waals surface area (Å²) in [6.07, 6.45) is 3.22. The first kappa shape index (κ1) is 18.7. The van der Waals surface area contributed by atoms with E-state index in [9.17, 15) is 14.7 Å². The van der Waals surface area contributed by atoms with Gasteiger partial charge in [0.25, 0.3) is 5.56 Å². The Morgan fingerprint density at radius 1 is 1.25 bits per heavy atom. The number of carboxylic acids is 1. The van der Waals surface area contributed by atoms with Crippen LogP contribution < -0.4 is 15.8 Å². The predicted molar refractivity (Wildman–Crippen MR) is 110 cm³/mol. The summed E-state index contributed by atoms with van der Waals surface area (Å²) >= 11 is 0. The molecule has 2 aromatic rings. The fourth-order valence-electron chi connectivity index (χ4n) is 4.94. The molecule has 28 heavy (non-hydrogen) atoms. The van der Waals surface area contributed by atoms with Crippen molar-refractivity contribution in [1.29, 1.82) is 0 Å². The van der Waals surface area contributed by atoms with E-state index in [1.54, 1.807) is 0 Å². The molecule has 1 saturated carbocycles. The van der Waals surface area contributed by atoms with E-state index in [4.69, 9.17) is 0 Å². The number of aromatic amines is 1. The topological polar surface area (TPSA) is 85.4 Å². The van der Waals surface area contributed by atoms with Crippen molar-refractivity contribution in [2.75, 3.05) is 25.0 Å². The molecule has 3 atom stereocenters. The van der Waals surface area contributed by atoms with Crippen LogP contribution in [0.5, 0.6) is 0 Å². The summed E-state index contributed by atoms with van der Waals surface area (Å²) in [4.78, 5) is 28.6. The molecule has 0 amide bonds. The SMILES string of the molecule is CCc1cc(C(=O)O)c(=O)[nH]c1-c1ccc(N2CC3[C@H](CC[C@H]3NC)C2)cc1. The number of carboxylic acid groups (broad SMARTS) is 1. The number of hydrogen-bond acceptors (Lipinski definition) is 4. The lowest BCUT2D eigenvalue weighted by Crippen LogP contribution is -2.33. The molecule has 6 heteroatoms. The van der Waals surface area contributed by atoms with Crippen molar-refractivity contribution in [2.45, 2.75) is 32.2 Å². The summed E-state index contributed by atoms with van der Waals surface area (Å²) in [6, 6.07) is 10.4. The average Bonchev–Trinajstić information content (AvgIpc) is 3.28. The van der Waals surface area contributed by atoms with Crippen molar-refractivity contribution in [3.63, 3.8) is 0 Å². The quantitative estimate of drug-likeness (QED) is 0.742. The third-order valence-electron chi connectivity index (χ3n) is 6.48. The van der Waals surface area contributed by atoms with Crippen LogP contribution in [0.3, 0.4) is 0 Å². The van der Waals surface area contributed by atoms with E-state index in [2.05, 4.69) is 34.4 Å². The lowest BCUT2D eigenvalue weighted by atomic mass is 9.98. The van der Waals surface area contributed by atoms with Crippen LogP contribution in [0.15, 0.2) is 35.1 Å².